The molecule has 0 heterocycles. The third-order valence-corrected chi connectivity index (χ3v) is 2.50. The fraction of sp³-hybridized carbons (Fsp3) is 0.917. The van der Waals surface area contributed by atoms with Crippen LogP contribution in [0.4, 0.5) is 0 Å². The molecule has 90 valence electrons. The molecule has 15 heavy (non-hydrogen) atoms. The number of carbonyl (C=O) groups excluding carboxylic acids is 1. The summed E-state index contributed by atoms with van der Waals surface area (Å²) in [5, 5.41) is 3.04. The van der Waals surface area contributed by atoms with Gasteiger partial charge in [0.15, 0.2) is 0 Å². The first kappa shape index (κ1) is 14.4. The first-order chi connectivity index (χ1) is 6.97. The summed E-state index contributed by atoms with van der Waals surface area (Å²) in [5.41, 5.74) is 5.41. The van der Waals surface area contributed by atoms with Gasteiger partial charge in [-0.25, -0.2) is 0 Å². The molecule has 0 rings (SSSR count). The molecule has 1 amide bonds. The van der Waals surface area contributed by atoms with Crippen molar-refractivity contribution in [2.75, 3.05) is 6.54 Å². The lowest BCUT2D eigenvalue weighted by Gasteiger charge is -2.18. The molecule has 0 aromatic heterocycles. The molecule has 0 aliphatic heterocycles. The molecule has 0 fully saturated rings. The molecule has 3 nitrogen and oxygen atoms in total. The largest absolute Gasteiger partial charge is 0.353 e. The summed E-state index contributed by atoms with van der Waals surface area (Å²) < 4.78 is 0. The van der Waals surface area contributed by atoms with E-state index in [1.165, 1.54) is 0 Å². The van der Waals surface area contributed by atoms with Crippen LogP contribution in [0.25, 0.3) is 0 Å². The third-order valence-electron chi connectivity index (χ3n) is 2.50. The van der Waals surface area contributed by atoms with Crippen molar-refractivity contribution in [1.29, 1.82) is 0 Å². The standard InChI is InChI=1S/C12H26N2O/c1-9(2)8-11(4)14-12(15)10(3)6-5-7-13/h9-11H,5-8,13H2,1-4H3,(H,14,15). The molecule has 3 N–H and O–H groups in total. The molecule has 2 atom stereocenters. The Morgan fingerprint density at radius 2 is 1.87 bits per heavy atom. The van der Waals surface area contributed by atoms with Crippen molar-refractivity contribution >= 4 is 5.91 Å². The van der Waals surface area contributed by atoms with Crippen LogP contribution in [0.1, 0.15) is 47.0 Å². The maximum Gasteiger partial charge on any atom is 0.223 e. The highest BCUT2D eigenvalue weighted by Crippen LogP contribution is 2.08. The van der Waals surface area contributed by atoms with Crippen molar-refractivity contribution in [3.8, 4) is 0 Å². The Labute approximate surface area is 93.8 Å². The quantitative estimate of drug-likeness (QED) is 0.680. The van der Waals surface area contributed by atoms with E-state index in [4.69, 9.17) is 5.73 Å². The molecule has 0 saturated carbocycles. The van der Waals surface area contributed by atoms with Gasteiger partial charge in [-0.05, 0) is 38.6 Å². The van der Waals surface area contributed by atoms with E-state index in [1.54, 1.807) is 0 Å². The molecule has 0 saturated heterocycles. The van der Waals surface area contributed by atoms with E-state index < -0.39 is 0 Å². The molecule has 3 heteroatoms. The van der Waals surface area contributed by atoms with Crippen LogP contribution in [0, 0.1) is 11.8 Å². The summed E-state index contributed by atoms with van der Waals surface area (Å²) in [4.78, 5) is 11.7. The zero-order valence-electron chi connectivity index (χ0n) is 10.5. The lowest BCUT2D eigenvalue weighted by atomic mass is 10.0. The topological polar surface area (TPSA) is 55.1 Å². The monoisotopic (exact) mass is 214 g/mol. The van der Waals surface area contributed by atoms with Crippen LogP contribution in [0.2, 0.25) is 0 Å². The molecule has 0 aromatic rings. The van der Waals surface area contributed by atoms with Crippen LogP contribution in [-0.2, 0) is 4.79 Å². The lowest BCUT2D eigenvalue weighted by Crippen LogP contribution is -2.37. The third kappa shape index (κ3) is 7.37. The number of hydrogen-bond acceptors (Lipinski definition) is 2. The number of rotatable bonds is 7. The maximum atomic E-state index is 11.7. The molecule has 0 bridgehead atoms. The second kappa shape index (κ2) is 7.69. The minimum atomic E-state index is 0.0863. The Bertz CT molecular complexity index is 180. The molecular weight excluding hydrogens is 188 g/mol. The molecule has 0 spiro atoms. The smallest absolute Gasteiger partial charge is 0.223 e. The van der Waals surface area contributed by atoms with Crippen LogP contribution in [0.5, 0.6) is 0 Å². The highest BCUT2D eigenvalue weighted by atomic mass is 16.1. The molecule has 0 aromatic carbocycles. The van der Waals surface area contributed by atoms with Gasteiger partial charge in [-0.3, -0.25) is 4.79 Å². The van der Waals surface area contributed by atoms with E-state index in [-0.39, 0.29) is 17.9 Å². The van der Waals surface area contributed by atoms with Gasteiger partial charge in [-0.1, -0.05) is 20.8 Å². The lowest BCUT2D eigenvalue weighted by molar-refractivity contribution is -0.125. The zero-order chi connectivity index (χ0) is 11.8. The van der Waals surface area contributed by atoms with Crippen molar-refractivity contribution in [2.45, 2.75) is 53.0 Å². The first-order valence-corrected chi connectivity index (χ1v) is 5.97. The Balaban J connectivity index is 3.80. The van der Waals surface area contributed by atoms with Gasteiger partial charge in [-0.15, -0.1) is 0 Å². The Morgan fingerprint density at radius 1 is 1.27 bits per heavy atom. The van der Waals surface area contributed by atoms with E-state index in [0.717, 1.165) is 19.3 Å². The van der Waals surface area contributed by atoms with Crippen molar-refractivity contribution in [3.05, 3.63) is 0 Å². The Hall–Kier alpha value is -0.570. The molecule has 0 radical (unpaired) electrons. The predicted molar refractivity (Wildman–Crippen MR) is 64.5 cm³/mol. The highest BCUT2D eigenvalue weighted by molar-refractivity contribution is 5.78. The minimum absolute atomic E-state index is 0.0863. The first-order valence-electron chi connectivity index (χ1n) is 5.97. The predicted octanol–water partition coefficient (Wildman–Crippen LogP) is 1.91. The van der Waals surface area contributed by atoms with Crippen molar-refractivity contribution < 1.29 is 4.79 Å². The fourth-order valence-corrected chi connectivity index (χ4v) is 1.71. The number of hydrogen-bond donors (Lipinski definition) is 2. The molecule has 2 unspecified atom stereocenters. The van der Waals surface area contributed by atoms with Crippen LogP contribution in [0.3, 0.4) is 0 Å². The van der Waals surface area contributed by atoms with Gasteiger partial charge in [0, 0.05) is 12.0 Å². The second-order valence-electron chi connectivity index (χ2n) is 4.87. The zero-order valence-corrected chi connectivity index (χ0v) is 10.5. The van der Waals surface area contributed by atoms with E-state index in [2.05, 4.69) is 26.1 Å². The van der Waals surface area contributed by atoms with E-state index in [9.17, 15) is 4.79 Å². The second-order valence-corrected chi connectivity index (χ2v) is 4.87. The van der Waals surface area contributed by atoms with Gasteiger partial charge in [-0.2, -0.15) is 0 Å². The van der Waals surface area contributed by atoms with Gasteiger partial charge in [0.25, 0.3) is 0 Å². The SMILES string of the molecule is CC(C)CC(C)NC(=O)C(C)CCCN. The number of nitrogens with one attached hydrogen (secondary N) is 1. The van der Waals surface area contributed by atoms with Crippen molar-refractivity contribution in [1.82, 2.24) is 5.32 Å². The van der Waals surface area contributed by atoms with Gasteiger partial charge >= 0.3 is 0 Å². The van der Waals surface area contributed by atoms with Crippen LogP contribution in [-0.4, -0.2) is 18.5 Å². The van der Waals surface area contributed by atoms with Crippen LogP contribution in [0.15, 0.2) is 0 Å². The average Bonchev–Trinajstić information content (AvgIpc) is 2.12. The summed E-state index contributed by atoms with van der Waals surface area (Å²) in [6.45, 7) is 9.03. The Morgan fingerprint density at radius 3 is 2.33 bits per heavy atom. The number of carbonyl (C=O) groups is 1. The normalized spacial score (nSPS) is 15.1. The number of nitrogens with two attached hydrogens (primary N) is 1. The molecule has 0 aliphatic carbocycles. The number of amides is 1. The van der Waals surface area contributed by atoms with Gasteiger partial charge in [0.2, 0.25) is 5.91 Å². The summed E-state index contributed by atoms with van der Waals surface area (Å²) in [6.07, 6.45) is 2.85. The van der Waals surface area contributed by atoms with Crippen LogP contribution >= 0.6 is 0 Å². The molecule has 0 aliphatic rings. The van der Waals surface area contributed by atoms with Gasteiger partial charge in [0.1, 0.15) is 0 Å². The minimum Gasteiger partial charge on any atom is -0.353 e. The summed E-state index contributed by atoms with van der Waals surface area (Å²) >= 11 is 0. The van der Waals surface area contributed by atoms with Gasteiger partial charge in [0.05, 0.1) is 0 Å². The summed E-state index contributed by atoms with van der Waals surface area (Å²) in [7, 11) is 0. The fourth-order valence-electron chi connectivity index (χ4n) is 1.71. The van der Waals surface area contributed by atoms with Gasteiger partial charge < -0.3 is 11.1 Å². The van der Waals surface area contributed by atoms with E-state index >= 15 is 0 Å². The van der Waals surface area contributed by atoms with Crippen molar-refractivity contribution in [3.63, 3.8) is 0 Å². The van der Waals surface area contributed by atoms with Crippen LogP contribution < -0.4 is 11.1 Å². The van der Waals surface area contributed by atoms with Crippen molar-refractivity contribution in [2.24, 2.45) is 17.6 Å². The van der Waals surface area contributed by atoms with E-state index in [0.29, 0.717) is 12.5 Å². The Kier molecular flexibility index (Phi) is 7.39. The van der Waals surface area contributed by atoms with E-state index in [1.807, 2.05) is 6.92 Å². The summed E-state index contributed by atoms with van der Waals surface area (Å²) in [6, 6.07) is 0.276. The summed E-state index contributed by atoms with van der Waals surface area (Å²) in [5.74, 6) is 0.874. The molecular formula is C12H26N2O. The maximum absolute atomic E-state index is 11.7. The highest BCUT2D eigenvalue weighted by Gasteiger charge is 2.14. The average molecular weight is 214 g/mol.